The van der Waals surface area contributed by atoms with E-state index in [4.69, 9.17) is 0 Å². The number of para-hydroxylation sites is 1. The van der Waals surface area contributed by atoms with E-state index in [0.717, 1.165) is 31.2 Å². The lowest BCUT2D eigenvalue weighted by Crippen LogP contribution is -2.43. The molecule has 2 amide bonds. The molecule has 0 aromatic heterocycles. The molecule has 0 radical (unpaired) electrons. The van der Waals surface area contributed by atoms with Crippen molar-refractivity contribution in [3.05, 3.63) is 65.7 Å². The third kappa shape index (κ3) is 3.90. The van der Waals surface area contributed by atoms with Crippen molar-refractivity contribution in [1.82, 2.24) is 5.32 Å². The molecule has 0 atom stereocenters. The van der Waals surface area contributed by atoms with Gasteiger partial charge in [0.1, 0.15) is 0 Å². The minimum absolute atomic E-state index is 0.0557. The van der Waals surface area contributed by atoms with Gasteiger partial charge < -0.3 is 10.6 Å². The van der Waals surface area contributed by atoms with Crippen LogP contribution in [0.1, 0.15) is 36.8 Å². The number of benzene rings is 2. The quantitative estimate of drug-likeness (QED) is 0.839. The predicted molar refractivity (Wildman–Crippen MR) is 99.4 cm³/mol. The van der Waals surface area contributed by atoms with Crippen LogP contribution in [-0.2, 0) is 15.0 Å². The fourth-order valence-corrected chi connectivity index (χ4v) is 3.63. The van der Waals surface area contributed by atoms with Crippen molar-refractivity contribution in [1.29, 1.82) is 0 Å². The van der Waals surface area contributed by atoms with Gasteiger partial charge in [0.05, 0.1) is 0 Å². The van der Waals surface area contributed by atoms with E-state index in [1.165, 1.54) is 5.56 Å². The largest absolute Gasteiger partial charge is 0.347 e. The van der Waals surface area contributed by atoms with Crippen LogP contribution in [0.25, 0.3) is 0 Å². The van der Waals surface area contributed by atoms with E-state index in [-0.39, 0.29) is 5.41 Å². The smallest absolute Gasteiger partial charge is 0.313 e. The zero-order chi connectivity index (χ0) is 17.7. The molecule has 0 bridgehead atoms. The Morgan fingerprint density at radius 2 is 1.56 bits per heavy atom. The summed E-state index contributed by atoms with van der Waals surface area (Å²) in [4.78, 5) is 24.5. The minimum Gasteiger partial charge on any atom is -0.347 e. The van der Waals surface area contributed by atoms with Crippen molar-refractivity contribution in [2.75, 3.05) is 11.9 Å². The highest BCUT2D eigenvalue weighted by Gasteiger charge is 2.36. The molecule has 1 fully saturated rings. The molecule has 0 spiro atoms. The average molecular weight is 336 g/mol. The SMILES string of the molecule is Cc1ccccc1NC(=O)C(=O)NCC1(c2ccccc2)CCCC1. The highest BCUT2D eigenvalue weighted by atomic mass is 16.2. The van der Waals surface area contributed by atoms with Gasteiger partial charge in [-0.25, -0.2) is 0 Å². The van der Waals surface area contributed by atoms with Crippen molar-refractivity contribution >= 4 is 17.5 Å². The molecule has 1 aliphatic rings. The zero-order valence-electron chi connectivity index (χ0n) is 14.5. The van der Waals surface area contributed by atoms with E-state index in [1.807, 2.05) is 43.3 Å². The molecule has 1 saturated carbocycles. The topological polar surface area (TPSA) is 58.2 Å². The van der Waals surface area contributed by atoms with Crippen LogP contribution < -0.4 is 10.6 Å². The molecule has 25 heavy (non-hydrogen) atoms. The molecule has 130 valence electrons. The van der Waals surface area contributed by atoms with Gasteiger partial charge in [-0.05, 0) is 37.0 Å². The van der Waals surface area contributed by atoms with Crippen LogP contribution in [0.4, 0.5) is 5.69 Å². The van der Waals surface area contributed by atoms with Gasteiger partial charge in [0.25, 0.3) is 0 Å². The van der Waals surface area contributed by atoms with Gasteiger partial charge in [0.2, 0.25) is 0 Å². The molecule has 2 aromatic rings. The number of amides is 2. The van der Waals surface area contributed by atoms with Gasteiger partial charge in [-0.2, -0.15) is 0 Å². The zero-order valence-corrected chi connectivity index (χ0v) is 14.5. The van der Waals surface area contributed by atoms with E-state index in [9.17, 15) is 9.59 Å². The Hall–Kier alpha value is -2.62. The maximum Gasteiger partial charge on any atom is 0.313 e. The summed E-state index contributed by atoms with van der Waals surface area (Å²) in [5.41, 5.74) is 2.79. The van der Waals surface area contributed by atoms with E-state index in [0.29, 0.717) is 12.2 Å². The van der Waals surface area contributed by atoms with Crippen molar-refractivity contribution in [3.63, 3.8) is 0 Å². The number of nitrogens with one attached hydrogen (secondary N) is 2. The van der Waals surface area contributed by atoms with Gasteiger partial charge >= 0.3 is 11.8 Å². The van der Waals surface area contributed by atoms with E-state index in [1.54, 1.807) is 6.07 Å². The molecule has 2 N–H and O–H groups in total. The van der Waals surface area contributed by atoms with Crippen LogP contribution in [0.3, 0.4) is 0 Å². The first-order valence-electron chi connectivity index (χ1n) is 8.81. The van der Waals surface area contributed by atoms with Crippen LogP contribution in [-0.4, -0.2) is 18.4 Å². The highest BCUT2D eigenvalue weighted by Crippen LogP contribution is 2.40. The van der Waals surface area contributed by atoms with Crippen LogP contribution >= 0.6 is 0 Å². The van der Waals surface area contributed by atoms with Crippen LogP contribution in [0.5, 0.6) is 0 Å². The third-order valence-electron chi connectivity index (χ3n) is 5.13. The Morgan fingerprint density at radius 3 is 2.24 bits per heavy atom. The summed E-state index contributed by atoms with van der Waals surface area (Å²) in [7, 11) is 0. The van der Waals surface area contributed by atoms with E-state index >= 15 is 0 Å². The molecule has 0 saturated heterocycles. The minimum atomic E-state index is -0.615. The molecule has 0 aliphatic heterocycles. The Bertz CT molecular complexity index is 750. The summed E-state index contributed by atoms with van der Waals surface area (Å²) >= 11 is 0. The number of anilines is 1. The van der Waals surface area contributed by atoms with Crippen molar-refractivity contribution in [3.8, 4) is 0 Å². The lowest BCUT2D eigenvalue weighted by molar-refractivity contribution is -0.136. The molecule has 1 aliphatic carbocycles. The molecular formula is C21H24N2O2. The Labute approximate surface area is 148 Å². The summed E-state index contributed by atoms with van der Waals surface area (Å²) in [6, 6.07) is 17.7. The molecule has 0 unspecified atom stereocenters. The van der Waals surface area contributed by atoms with Gasteiger partial charge in [-0.3, -0.25) is 9.59 Å². The van der Waals surface area contributed by atoms with Crippen molar-refractivity contribution in [2.24, 2.45) is 0 Å². The van der Waals surface area contributed by atoms with Gasteiger partial charge in [-0.15, -0.1) is 0 Å². The molecule has 4 heteroatoms. The van der Waals surface area contributed by atoms with Gasteiger partial charge in [0.15, 0.2) is 0 Å². The second-order valence-corrected chi connectivity index (χ2v) is 6.81. The first-order chi connectivity index (χ1) is 12.1. The second kappa shape index (κ2) is 7.51. The highest BCUT2D eigenvalue weighted by molar-refractivity contribution is 6.39. The standard InChI is InChI=1S/C21H24N2O2/c1-16-9-5-6-12-18(16)23-20(25)19(24)22-15-21(13-7-8-14-21)17-10-3-2-4-11-17/h2-6,9-12H,7-8,13-15H2,1H3,(H,22,24)(H,23,25). The van der Waals surface area contributed by atoms with Crippen molar-refractivity contribution in [2.45, 2.75) is 38.0 Å². The Morgan fingerprint density at radius 1 is 0.920 bits per heavy atom. The number of hydrogen-bond donors (Lipinski definition) is 2. The first kappa shape index (κ1) is 17.2. The lowest BCUT2D eigenvalue weighted by atomic mass is 9.79. The first-order valence-corrected chi connectivity index (χ1v) is 8.81. The maximum atomic E-state index is 12.3. The number of aryl methyl sites for hydroxylation is 1. The summed E-state index contributed by atoms with van der Waals surface area (Å²) in [6.07, 6.45) is 4.38. The molecule has 2 aromatic carbocycles. The molecule has 0 heterocycles. The predicted octanol–water partition coefficient (Wildman–Crippen LogP) is 3.56. The molecule has 3 rings (SSSR count). The maximum absolute atomic E-state index is 12.3. The average Bonchev–Trinajstić information content (AvgIpc) is 3.12. The number of carbonyl (C=O) groups excluding carboxylic acids is 2. The van der Waals surface area contributed by atoms with Gasteiger partial charge in [0, 0.05) is 17.6 Å². The fraction of sp³-hybridized carbons (Fsp3) is 0.333. The molecular weight excluding hydrogens is 312 g/mol. The lowest BCUT2D eigenvalue weighted by Gasteiger charge is -2.29. The third-order valence-corrected chi connectivity index (χ3v) is 5.13. The van der Waals surface area contributed by atoms with Gasteiger partial charge in [-0.1, -0.05) is 61.4 Å². The molecule has 4 nitrogen and oxygen atoms in total. The number of hydrogen-bond acceptors (Lipinski definition) is 2. The summed E-state index contributed by atoms with van der Waals surface area (Å²) in [5.74, 6) is -1.19. The van der Waals surface area contributed by atoms with E-state index < -0.39 is 11.8 Å². The summed E-state index contributed by atoms with van der Waals surface area (Å²) < 4.78 is 0. The van der Waals surface area contributed by atoms with Crippen LogP contribution in [0, 0.1) is 6.92 Å². The summed E-state index contributed by atoms with van der Waals surface area (Å²) in [6.45, 7) is 2.40. The van der Waals surface area contributed by atoms with Crippen molar-refractivity contribution < 1.29 is 9.59 Å². The van der Waals surface area contributed by atoms with Crippen LogP contribution in [0.15, 0.2) is 54.6 Å². The summed E-state index contributed by atoms with van der Waals surface area (Å²) in [5, 5.41) is 5.54. The Kier molecular flexibility index (Phi) is 5.17. The van der Waals surface area contributed by atoms with Crippen LogP contribution in [0.2, 0.25) is 0 Å². The Balaban J connectivity index is 1.64. The normalized spacial score (nSPS) is 15.6. The monoisotopic (exact) mass is 336 g/mol. The number of rotatable bonds is 4. The fourth-order valence-electron chi connectivity index (χ4n) is 3.63. The number of carbonyl (C=O) groups is 2. The second-order valence-electron chi connectivity index (χ2n) is 6.81. The van der Waals surface area contributed by atoms with E-state index in [2.05, 4.69) is 22.8 Å².